The van der Waals surface area contributed by atoms with Gasteiger partial charge in [0.25, 0.3) is 0 Å². The monoisotopic (exact) mass is 211 g/mol. The van der Waals surface area contributed by atoms with E-state index in [1.807, 2.05) is 12.3 Å². The topological polar surface area (TPSA) is 39.2 Å². The van der Waals surface area contributed by atoms with Gasteiger partial charge in [0.05, 0.1) is 22.7 Å². The lowest BCUT2D eigenvalue weighted by molar-refractivity contribution is -0.116. The van der Waals surface area contributed by atoms with E-state index in [0.717, 1.165) is 29.8 Å². The number of hydrogen-bond donors (Lipinski definition) is 0. The summed E-state index contributed by atoms with van der Waals surface area (Å²) in [6.07, 6.45) is 2.59. The van der Waals surface area contributed by atoms with E-state index in [4.69, 9.17) is 4.74 Å². The van der Waals surface area contributed by atoms with Crippen LogP contribution in [0.15, 0.2) is 5.38 Å². The van der Waals surface area contributed by atoms with Gasteiger partial charge in [-0.15, -0.1) is 11.3 Å². The summed E-state index contributed by atoms with van der Waals surface area (Å²) in [5.74, 6) is 0. The van der Waals surface area contributed by atoms with Crippen LogP contribution in [0.25, 0.3) is 0 Å². The predicted octanol–water partition coefficient (Wildman–Crippen LogP) is 1.60. The second-order valence-electron chi connectivity index (χ2n) is 3.82. The van der Waals surface area contributed by atoms with Gasteiger partial charge >= 0.3 is 0 Å². The fourth-order valence-electron chi connectivity index (χ4n) is 1.75. The van der Waals surface area contributed by atoms with Crippen molar-refractivity contribution in [3.8, 4) is 0 Å². The summed E-state index contributed by atoms with van der Waals surface area (Å²) in [4.78, 5) is 15.4. The Bertz CT molecular complexity index is 329. The van der Waals surface area contributed by atoms with Gasteiger partial charge in [0.2, 0.25) is 0 Å². The van der Waals surface area contributed by atoms with Gasteiger partial charge in [-0.25, -0.2) is 4.98 Å². The molecule has 0 amide bonds. The normalized spacial score (nSPS) is 26.6. The summed E-state index contributed by atoms with van der Waals surface area (Å²) in [7, 11) is 0. The zero-order valence-corrected chi connectivity index (χ0v) is 8.97. The third-order valence-electron chi connectivity index (χ3n) is 2.58. The van der Waals surface area contributed by atoms with Crippen LogP contribution in [-0.2, 0) is 16.0 Å². The first-order chi connectivity index (χ1) is 6.74. The Hall–Kier alpha value is -0.740. The van der Waals surface area contributed by atoms with E-state index in [2.05, 4.69) is 4.98 Å². The fourth-order valence-corrected chi connectivity index (χ4v) is 2.36. The van der Waals surface area contributed by atoms with Gasteiger partial charge in [-0.05, 0) is 13.3 Å². The Kier molecular flexibility index (Phi) is 2.65. The highest BCUT2D eigenvalue weighted by atomic mass is 32.1. The Labute approximate surface area is 87.1 Å². The van der Waals surface area contributed by atoms with E-state index in [0.29, 0.717) is 13.2 Å². The zero-order chi connectivity index (χ0) is 10.0. The maximum atomic E-state index is 11.0. The molecule has 2 heterocycles. The first-order valence-electron chi connectivity index (χ1n) is 4.69. The maximum absolute atomic E-state index is 11.0. The molecule has 4 heteroatoms. The first kappa shape index (κ1) is 9.80. The second kappa shape index (κ2) is 3.79. The number of aldehydes is 1. The molecule has 3 nitrogen and oxygen atoms in total. The summed E-state index contributed by atoms with van der Waals surface area (Å²) >= 11 is 1.63. The average molecular weight is 211 g/mol. The number of carbonyl (C=O) groups is 1. The summed E-state index contributed by atoms with van der Waals surface area (Å²) in [6, 6.07) is 0. The van der Waals surface area contributed by atoms with Crippen LogP contribution < -0.4 is 0 Å². The fraction of sp³-hybridized carbons (Fsp3) is 0.600. The lowest BCUT2D eigenvalue weighted by atomic mass is 9.84. The number of rotatable bonds is 3. The number of carbonyl (C=O) groups excluding carboxylic acids is 1. The zero-order valence-electron chi connectivity index (χ0n) is 8.16. The minimum Gasteiger partial charge on any atom is -0.380 e. The molecule has 0 radical (unpaired) electrons. The van der Waals surface area contributed by atoms with E-state index in [-0.39, 0.29) is 5.41 Å². The third kappa shape index (κ3) is 1.86. The molecule has 0 saturated carbocycles. The third-order valence-corrected chi connectivity index (χ3v) is 3.41. The lowest BCUT2D eigenvalue weighted by Crippen LogP contribution is -2.25. The van der Waals surface area contributed by atoms with E-state index >= 15 is 0 Å². The van der Waals surface area contributed by atoms with E-state index in [1.165, 1.54) is 0 Å². The highest BCUT2D eigenvalue weighted by Gasteiger charge is 2.35. The Morgan fingerprint density at radius 2 is 2.64 bits per heavy atom. The summed E-state index contributed by atoms with van der Waals surface area (Å²) in [5, 5.41) is 3.08. The average Bonchev–Trinajstić information content (AvgIpc) is 2.77. The molecule has 0 aliphatic carbocycles. The Morgan fingerprint density at radius 3 is 3.14 bits per heavy atom. The number of hydrogen-bond acceptors (Lipinski definition) is 4. The largest absolute Gasteiger partial charge is 0.380 e. The van der Waals surface area contributed by atoms with Crippen molar-refractivity contribution in [3.63, 3.8) is 0 Å². The summed E-state index contributed by atoms with van der Waals surface area (Å²) < 4.78 is 5.27. The molecule has 1 aliphatic heterocycles. The van der Waals surface area contributed by atoms with Gasteiger partial charge in [-0.1, -0.05) is 0 Å². The predicted molar refractivity (Wildman–Crippen MR) is 54.5 cm³/mol. The van der Waals surface area contributed by atoms with Crippen LogP contribution in [0, 0.1) is 12.3 Å². The number of nitrogens with zero attached hydrogens (tertiary/aromatic N) is 1. The summed E-state index contributed by atoms with van der Waals surface area (Å²) in [6.45, 7) is 3.22. The van der Waals surface area contributed by atoms with Gasteiger partial charge in [0.1, 0.15) is 6.29 Å². The van der Waals surface area contributed by atoms with Gasteiger partial charge in [0.15, 0.2) is 0 Å². The van der Waals surface area contributed by atoms with Crippen molar-refractivity contribution in [3.05, 3.63) is 16.1 Å². The van der Waals surface area contributed by atoms with Crippen molar-refractivity contribution >= 4 is 17.6 Å². The van der Waals surface area contributed by atoms with Crippen molar-refractivity contribution in [2.45, 2.75) is 19.8 Å². The van der Waals surface area contributed by atoms with Crippen molar-refractivity contribution in [2.24, 2.45) is 5.41 Å². The van der Waals surface area contributed by atoms with E-state index in [9.17, 15) is 4.79 Å². The van der Waals surface area contributed by atoms with Crippen LogP contribution in [0.5, 0.6) is 0 Å². The van der Waals surface area contributed by atoms with Crippen LogP contribution >= 0.6 is 11.3 Å². The SMILES string of the molecule is Cc1nc(CC2(C=O)CCOC2)cs1. The molecule has 0 N–H and O–H groups in total. The molecule has 1 saturated heterocycles. The minimum atomic E-state index is -0.305. The lowest BCUT2D eigenvalue weighted by Gasteiger charge is -2.17. The molecule has 1 unspecified atom stereocenters. The molecule has 14 heavy (non-hydrogen) atoms. The molecular formula is C10H13NO2S. The first-order valence-corrected chi connectivity index (χ1v) is 5.57. The molecule has 0 bridgehead atoms. The molecule has 1 fully saturated rings. The van der Waals surface area contributed by atoms with E-state index in [1.54, 1.807) is 11.3 Å². The van der Waals surface area contributed by atoms with Gasteiger partial charge < -0.3 is 9.53 Å². The molecule has 0 spiro atoms. The van der Waals surface area contributed by atoms with Crippen LogP contribution in [0.1, 0.15) is 17.1 Å². The van der Waals surface area contributed by atoms with Crippen molar-refractivity contribution in [2.75, 3.05) is 13.2 Å². The number of aryl methyl sites for hydroxylation is 1. The second-order valence-corrected chi connectivity index (χ2v) is 4.88. The van der Waals surface area contributed by atoms with Gasteiger partial charge in [0, 0.05) is 18.4 Å². The minimum absolute atomic E-state index is 0.305. The van der Waals surface area contributed by atoms with Gasteiger partial charge in [-0.2, -0.15) is 0 Å². The Balaban J connectivity index is 2.11. The van der Waals surface area contributed by atoms with Crippen LogP contribution in [0.4, 0.5) is 0 Å². The number of aromatic nitrogens is 1. The number of thiazole rings is 1. The highest BCUT2D eigenvalue weighted by molar-refractivity contribution is 7.09. The van der Waals surface area contributed by atoms with Crippen molar-refractivity contribution < 1.29 is 9.53 Å². The quantitative estimate of drug-likeness (QED) is 0.713. The molecule has 1 atom stereocenters. The van der Waals surface area contributed by atoms with Crippen LogP contribution in [0.3, 0.4) is 0 Å². The van der Waals surface area contributed by atoms with Crippen molar-refractivity contribution in [1.29, 1.82) is 0 Å². The van der Waals surface area contributed by atoms with Gasteiger partial charge in [-0.3, -0.25) is 0 Å². The maximum Gasteiger partial charge on any atom is 0.128 e. The van der Waals surface area contributed by atoms with Crippen LogP contribution in [-0.4, -0.2) is 24.5 Å². The molecular weight excluding hydrogens is 198 g/mol. The smallest absolute Gasteiger partial charge is 0.128 e. The molecule has 1 aromatic rings. The standard InChI is InChI=1S/C10H13NO2S/c1-8-11-9(5-14-8)4-10(6-12)2-3-13-7-10/h5-6H,2-4,7H2,1H3. The molecule has 76 valence electrons. The summed E-state index contributed by atoms with van der Waals surface area (Å²) in [5.41, 5.74) is 0.714. The molecule has 2 rings (SSSR count). The van der Waals surface area contributed by atoms with Crippen molar-refractivity contribution in [1.82, 2.24) is 4.98 Å². The Morgan fingerprint density at radius 1 is 1.79 bits per heavy atom. The molecule has 0 aromatic carbocycles. The van der Waals surface area contributed by atoms with Crippen LogP contribution in [0.2, 0.25) is 0 Å². The molecule has 1 aliphatic rings. The van der Waals surface area contributed by atoms with E-state index < -0.39 is 0 Å². The highest BCUT2D eigenvalue weighted by Crippen LogP contribution is 2.30. The number of ether oxygens (including phenoxy) is 1. The molecule has 1 aromatic heterocycles.